The molecule has 122 valence electrons. The average molecular weight is 331 g/mol. The molecule has 2 rings (SSSR count). The summed E-state index contributed by atoms with van der Waals surface area (Å²) >= 11 is 0. The Labute approximate surface area is 130 Å². The summed E-state index contributed by atoms with van der Waals surface area (Å²) in [6.07, 6.45) is 4.23. The molecule has 1 aromatic rings. The molecule has 0 heterocycles. The van der Waals surface area contributed by atoms with Crippen molar-refractivity contribution in [3.63, 3.8) is 0 Å². The van der Waals surface area contributed by atoms with Crippen molar-refractivity contribution in [3.05, 3.63) is 29.8 Å². The van der Waals surface area contributed by atoms with Crippen LogP contribution in [-0.4, -0.2) is 28.5 Å². The van der Waals surface area contributed by atoms with Gasteiger partial charge < -0.3 is 10.1 Å². The van der Waals surface area contributed by atoms with Crippen LogP contribution in [0, 0.1) is 0 Å². The second-order valence-corrected chi connectivity index (χ2v) is 6.76. The van der Waals surface area contributed by atoms with E-state index in [0.29, 0.717) is 5.56 Å². The van der Waals surface area contributed by atoms with Gasteiger partial charge in [-0.25, -0.2) is 0 Å². The normalized spacial score (nSPS) is 16.7. The topological polar surface area (TPSA) is 55.4 Å². The van der Waals surface area contributed by atoms with Gasteiger partial charge >= 0.3 is 6.61 Å². The minimum absolute atomic E-state index is 0.0359. The number of rotatable bonds is 7. The Balaban J connectivity index is 1.77. The van der Waals surface area contributed by atoms with E-state index >= 15 is 0 Å². The summed E-state index contributed by atoms with van der Waals surface area (Å²) in [5, 5.41) is 2.89. The highest BCUT2D eigenvalue weighted by molar-refractivity contribution is 7.84. The average Bonchev–Trinajstić information content (AvgIpc) is 2.93. The summed E-state index contributed by atoms with van der Waals surface area (Å²) in [6, 6.07) is 6.17. The molecule has 22 heavy (non-hydrogen) atoms. The number of amides is 1. The first-order valence-corrected chi connectivity index (χ1v) is 8.70. The quantitative estimate of drug-likeness (QED) is 0.835. The lowest BCUT2D eigenvalue weighted by Gasteiger charge is -2.11. The maximum atomic E-state index is 12.0. The van der Waals surface area contributed by atoms with Crippen LogP contribution in [0.5, 0.6) is 5.75 Å². The van der Waals surface area contributed by atoms with Gasteiger partial charge in [-0.05, 0) is 30.5 Å². The molecule has 1 atom stereocenters. The monoisotopic (exact) mass is 331 g/mol. The van der Waals surface area contributed by atoms with Crippen LogP contribution in [-0.2, 0) is 21.3 Å². The molecule has 1 aromatic carbocycles. The highest BCUT2D eigenvalue weighted by Gasteiger charge is 2.18. The second-order valence-electron chi connectivity index (χ2n) is 5.30. The number of alkyl halides is 2. The molecule has 0 spiro atoms. The van der Waals surface area contributed by atoms with Crippen LogP contribution in [0.2, 0.25) is 0 Å². The van der Waals surface area contributed by atoms with Crippen molar-refractivity contribution >= 4 is 16.7 Å². The third-order valence-corrected chi connectivity index (χ3v) is 4.73. The molecular formula is C15H19F2NO3S. The van der Waals surface area contributed by atoms with E-state index in [-0.39, 0.29) is 29.2 Å². The van der Waals surface area contributed by atoms with Gasteiger partial charge in [0.25, 0.3) is 0 Å². The third-order valence-electron chi connectivity index (χ3n) is 3.49. The molecular weight excluding hydrogens is 312 g/mol. The fourth-order valence-corrected chi connectivity index (χ4v) is 3.53. The molecule has 1 amide bonds. The molecule has 0 radical (unpaired) electrons. The van der Waals surface area contributed by atoms with E-state index in [1.54, 1.807) is 12.1 Å². The van der Waals surface area contributed by atoms with Crippen molar-refractivity contribution in [3.8, 4) is 5.75 Å². The van der Waals surface area contributed by atoms with E-state index in [1.807, 2.05) is 0 Å². The number of carbonyl (C=O) groups excluding carboxylic acids is 1. The molecule has 0 saturated heterocycles. The van der Waals surface area contributed by atoms with Gasteiger partial charge in [0, 0.05) is 22.6 Å². The predicted octanol–water partition coefficient (Wildman–Crippen LogP) is 2.60. The first-order chi connectivity index (χ1) is 10.5. The van der Waals surface area contributed by atoms with Crippen LogP contribution >= 0.6 is 0 Å². The van der Waals surface area contributed by atoms with Crippen molar-refractivity contribution < 1.29 is 22.5 Å². The van der Waals surface area contributed by atoms with Gasteiger partial charge in [0.05, 0.1) is 0 Å². The van der Waals surface area contributed by atoms with Gasteiger partial charge in [-0.1, -0.05) is 25.0 Å². The number of halogens is 2. The summed E-state index contributed by atoms with van der Waals surface area (Å²) in [6.45, 7) is -2.86. The molecule has 1 N–H and O–H groups in total. The highest BCUT2D eigenvalue weighted by Crippen LogP contribution is 2.18. The number of ether oxygens (including phenoxy) is 1. The van der Waals surface area contributed by atoms with E-state index in [9.17, 15) is 17.8 Å². The Bertz CT molecular complexity index is 516. The standard InChI is InChI=1S/C15H19F2NO3S/c16-15(17)21-13-7-5-11(6-8-13)9-22(20)10-14(19)18-12-3-1-2-4-12/h5-8,12,15H,1-4,9-10H2,(H,18,19)/t22-/m0/s1. The number of benzene rings is 1. The maximum Gasteiger partial charge on any atom is 0.387 e. The minimum atomic E-state index is -2.86. The van der Waals surface area contributed by atoms with Crippen LogP contribution in [0.15, 0.2) is 24.3 Å². The number of hydrogen-bond acceptors (Lipinski definition) is 3. The molecule has 1 aliphatic carbocycles. The zero-order chi connectivity index (χ0) is 15.9. The second kappa shape index (κ2) is 8.22. The zero-order valence-electron chi connectivity index (χ0n) is 12.1. The summed E-state index contributed by atoms with van der Waals surface area (Å²) in [7, 11) is -1.32. The Hall–Kier alpha value is -1.50. The van der Waals surface area contributed by atoms with Crippen molar-refractivity contribution in [1.82, 2.24) is 5.32 Å². The third kappa shape index (κ3) is 5.71. The summed E-state index contributed by atoms with van der Waals surface area (Å²) in [5.74, 6) is 0.0464. The van der Waals surface area contributed by atoms with Gasteiger partial charge in [-0.3, -0.25) is 9.00 Å². The molecule has 0 aliphatic heterocycles. The summed E-state index contributed by atoms with van der Waals surface area (Å²) in [5.41, 5.74) is 0.716. The van der Waals surface area contributed by atoms with Crippen molar-refractivity contribution in [1.29, 1.82) is 0 Å². The lowest BCUT2D eigenvalue weighted by Crippen LogP contribution is -2.35. The molecule has 1 aliphatic rings. The Morgan fingerprint density at radius 2 is 1.91 bits per heavy atom. The number of nitrogens with one attached hydrogen (secondary N) is 1. The molecule has 7 heteroatoms. The molecule has 0 aromatic heterocycles. The number of hydrogen-bond donors (Lipinski definition) is 1. The largest absolute Gasteiger partial charge is 0.435 e. The molecule has 0 bridgehead atoms. The summed E-state index contributed by atoms with van der Waals surface area (Å²) in [4.78, 5) is 11.8. The van der Waals surface area contributed by atoms with E-state index < -0.39 is 17.4 Å². The highest BCUT2D eigenvalue weighted by atomic mass is 32.2. The lowest BCUT2D eigenvalue weighted by atomic mass is 10.2. The lowest BCUT2D eigenvalue weighted by molar-refractivity contribution is -0.119. The van der Waals surface area contributed by atoms with E-state index in [0.717, 1.165) is 25.7 Å². The Morgan fingerprint density at radius 3 is 2.50 bits per heavy atom. The van der Waals surface area contributed by atoms with E-state index in [2.05, 4.69) is 10.1 Å². The van der Waals surface area contributed by atoms with Crippen LogP contribution in [0.4, 0.5) is 8.78 Å². The summed E-state index contributed by atoms with van der Waals surface area (Å²) < 4.78 is 40.3. The van der Waals surface area contributed by atoms with Crippen LogP contribution in [0.3, 0.4) is 0 Å². The zero-order valence-corrected chi connectivity index (χ0v) is 12.9. The van der Waals surface area contributed by atoms with E-state index in [4.69, 9.17) is 0 Å². The Morgan fingerprint density at radius 1 is 1.27 bits per heavy atom. The van der Waals surface area contributed by atoms with Crippen molar-refractivity contribution in [2.45, 2.75) is 44.1 Å². The number of carbonyl (C=O) groups is 1. The van der Waals surface area contributed by atoms with Gasteiger partial charge in [0.1, 0.15) is 11.5 Å². The van der Waals surface area contributed by atoms with Gasteiger partial charge in [-0.2, -0.15) is 8.78 Å². The Kier molecular flexibility index (Phi) is 6.30. The van der Waals surface area contributed by atoms with Gasteiger partial charge in [-0.15, -0.1) is 0 Å². The molecule has 4 nitrogen and oxygen atoms in total. The van der Waals surface area contributed by atoms with Gasteiger partial charge in [0.15, 0.2) is 0 Å². The smallest absolute Gasteiger partial charge is 0.387 e. The molecule has 0 unspecified atom stereocenters. The van der Waals surface area contributed by atoms with E-state index in [1.165, 1.54) is 12.1 Å². The fourth-order valence-electron chi connectivity index (χ4n) is 2.49. The van der Waals surface area contributed by atoms with Crippen molar-refractivity contribution in [2.75, 3.05) is 5.75 Å². The fraction of sp³-hybridized carbons (Fsp3) is 0.533. The maximum absolute atomic E-state index is 12.0. The van der Waals surface area contributed by atoms with Crippen LogP contribution in [0.1, 0.15) is 31.2 Å². The van der Waals surface area contributed by atoms with Crippen LogP contribution < -0.4 is 10.1 Å². The van der Waals surface area contributed by atoms with Gasteiger partial charge in [0.2, 0.25) is 5.91 Å². The minimum Gasteiger partial charge on any atom is -0.435 e. The predicted molar refractivity (Wildman–Crippen MR) is 80.2 cm³/mol. The first kappa shape index (κ1) is 16.9. The molecule has 1 fully saturated rings. The van der Waals surface area contributed by atoms with Crippen molar-refractivity contribution in [2.24, 2.45) is 0 Å². The molecule has 1 saturated carbocycles. The SMILES string of the molecule is O=C(C[S@@](=O)Cc1ccc(OC(F)F)cc1)NC1CCCC1. The first-order valence-electron chi connectivity index (χ1n) is 7.21. The van der Waals surface area contributed by atoms with Crippen LogP contribution in [0.25, 0.3) is 0 Å².